The molecule has 66 valence electrons. The second kappa shape index (κ2) is 3.55. The third-order valence-electron chi connectivity index (χ3n) is 2.51. The molecule has 1 aliphatic heterocycles. The van der Waals surface area contributed by atoms with Crippen LogP contribution in [0.4, 0.5) is 0 Å². The van der Waals surface area contributed by atoms with Crippen LogP contribution < -0.4 is 5.32 Å². The van der Waals surface area contributed by atoms with Crippen LogP contribution in [0.2, 0.25) is 0 Å². The molecule has 1 rings (SSSR count). The van der Waals surface area contributed by atoms with Gasteiger partial charge in [-0.25, -0.2) is 0 Å². The molecular weight excluding hydrogens is 136 g/mol. The van der Waals surface area contributed by atoms with Crippen molar-refractivity contribution in [2.45, 2.75) is 19.8 Å². The van der Waals surface area contributed by atoms with Crippen molar-refractivity contribution >= 4 is 0 Å². The zero-order valence-corrected chi connectivity index (χ0v) is 7.98. The van der Waals surface area contributed by atoms with Gasteiger partial charge >= 0.3 is 0 Å². The quantitative estimate of drug-likeness (QED) is 0.640. The first-order valence-corrected chi connectivity index (χ1v) is 4.48. The van der Waals surface area contributed by atoms with E-state index in [-0.39, 0.29) is 0 Å². The zero-order valence-electron chi connectivity index (χ0n) is 7.98. The van der Waals surface area contributed by atoms with Crippen LogP contribution in [0.3, 0.4) is 0 Å². The van der Waals surface area contributed by atoms with Gasteiger partial charge in [0.2, 0.25) is 0 Å². The van der Waals surface area contributed by atoms with Gasteiger partial charge in [0.15, 0.2) is 0 Å². The van der Waals surface area contributed by atoms with Gasteiger partial charge in [0.05, 0.1) is 0 Å². The minimum absolute atomic E-state index is 0.564. The largest absolute Gasteiger partial charge is 0.317 e. The second-order valence-corrected chi connectivity index (χ2v) is 4.30. The number of hydrogen-bond donors (Lipinski definition) is 1. The average Bonchev–Trinajstić information content (AvgIpc) is 1.85. The number of hydrogen-bond acceptors (Lipinski definition) is 2. The van der Waals surface area contributed by atoms with Gasteiger partial charge in [0, 0.05) is 6.54 Å². The highest BCUT2D eigenvalue weighted by molar-refractivity contribution is 4.82. The minimum atomic E-state index is 0.564. The molecule has 11 heavy (non-hydrogen) atoms. The Hall–Kier alpha value is -0.0800. The van der Waals surface area contributed by atoms with Crippen molar-refractivity contribution in [3.05, 3.63) is 0 Å². The average molecular weight is 156 g/mol. The molecule has 2 heteroatoms. The van der Waals surface area contributed by atoms with Gasteiger partial charge < -0.3 is 10.2 Å². The van der Waals surface area contributed by atoms with Crippen LogP contribution in [0, 0.1) is 5.41 Å². The fourth-order valence-electron chi connectivity index (χ4n) is 1.95. The molecule has 0 aromatic heterocycles. The van der Waals surface area contributed by atoms with Gasteiger partial charge in [0.25, 0.3) is 0 Å². The maximum Gasteiger partial charge on any atom is 0.00302 e. The predicted octanol–water partition coefficient (Wildman–Crippen LogP) is 0.938. The highest BCUT2D eigenvalue weighted by atomic mass is 15.1. The molecule has 0 amide bonds. The van der Waals surface area contributed by atoms with E-state index < -0.39 is 0 Å². The monoisotopic (exact) mass is 156 g/mol. The molecule has 0 aromatic rings. The smallest absolute Gasteiger partial charge is 0.00302 e. The summed E-state index contributed by atoms with van der Waals surface area (Å²) in [6.07, 6.45) is 2.65. The van der Waals surface area contributed by atoms with Gasteiger partial charge in [0.1, 0.15) is 0 Å². The first-order chi connectivity index (χ1) is 5.12. The lowest BCUT2D eigenvalue weighted by atomic mass is 9.81. The van der Waals surface area contributed by atoms with Gasteiger partial charge in [-0.05, 0) is 45.4 Å². The van der Waals surface area contributed by atoms with Crippen LogP contribution in [-0.4, -0.2) is 38.6 Å². The summed E-state index contributed by atoms with van der Waals surface area (Å²) in [7, 11) is 4.32. The maximum absolute atomic E-state index is 3.39. The molecule has 1 aliphatic rings. The molecule has 0 radical (unpaired) electrons. The summed E-state index contributed by atoms with van der Waals surface area (Å²) >= 11 is 0. The van der Waals surface area contributed by atoms with Gasteiger partial charge in [-0.15, -0.1) is 0 Å². The minimum Gasteiger partial charge on any atom is -0.317 e. The van der Waals surface area contributed by atoms with Crippen molar-refractivity contribution < 1.29 is 0 Å². The SMILES string of the molecule is CN(C)CC1(C)CCNCC1. The summed E-state index contributed by atoms with van der Waals surface area (Å²) in [6.45, 7) is 6.02. The Labute approximate surface area is 70.0 Å². The van der Waals surface area contributed by atoms with E-state index in [0.29, 0.717) is 5.41 Å². The van der Waals surface area contributed by atoms with E-state index >= 15 is 0 Å². The molecule has 0 aliphatic carbocycles. The number of piperidine rings is 1. The summed E-state index contributed by atoms with van der Waals surface area (Å²) in [5.74, 6) is 0. The van der Waals surface area contributed by atoms with E-state index in [1.165, 1.54) is 32.5 Å². The molecule has 0 saturated carbocycles. The second-order valence-electron chi connectivity index (χ2n) is 4.30. The maximum atomic E-state index is 3.39. The van der Waals surface area contributed by atoms with E-state index in [0.717, 1.165) is 0 Å². The Morgan fingerprint density at radius 3 is 2.27 bits per heavy atom. The predicted molar refractivity (Wildman–Crippen MR) is 48.8 cm³/mol. The Morgan fingerprint density at radius 2 is 1.82 bits per heavy atom. The van der Waals surface area contributed by atoms with Crippen molar-refractivity contribution in [1.82, 2.24) is 10.2 Å². The van der Waals surface area contributed by atoms with E-state index in [1.807, 2.05) is 0 Å². The molecule has 0 aromatic carbocycles. The van der Waals surface area contributed by atoms with E-state index in [4.69, 9.17) is 0 Å². The molecule has 1 fully saturated rings. The van der Waals surface area contributed by atoms with Gasteiger partial charge in [-0.1, -0.05) is 6.92 Å². The van der Waals surface area contributed by atoms with Crippen LogP contribution in [0.5, 0.6) is 0 Å². The molecule has 0 bridgehead atoms. The fourth-order valence-corrected chi connectivity index (χ4v) is 1.95. The topological polar surface area (TPSA) is 15.3 Å². The molecule has 2 nitrogen and oxygen atoms in total. The third-order valence-corrected chi connectivity index (χ3v) is 2.51. The van der Waals surface area contributed by atoms with E-state index in [1.54, 1.807) is 0 Å². The van der Waals surface area contributed by atoms with Crippen molar-refractivity contribution in [2.75, 3.05) is 33.7 Å². The highest BCUT2D eigenvalue weighted by Gasteiger charge is 2.26. The molecule has 1 saturated heterocycles. The van der Waals surface area contributed by atoms with Crippen molar-refractivity contribution in [3.8, 4) is 0 Å². The first-order valence-electron chi connectivity index (χ1n) is 4.48. The fraction of sp³-hybridized carbons (Fsp3) is 1.00. The summed E-state index contributed by atoms with van der Waals surface area (Å²) in [6, 6.07) is 0. The summed E-state index contributed by atoms with van der Waals surface area (Å²) < 4.78 is 0. The molecule has 0 unspecified atom stereocenters. The Morgan fingerprint density at radius 1 is 1.27 bits per heavy atom. The highest BCUT2D eigenvalue weighted by Crippen LogP contribution is 2.27. The molecule has 1 N–H and O–H groups in total. The van der Waals surface area contributed by atoms with Crippen LogP contribution in [-0.2, 0) is 0 Å². The van der Waals surface area contributed by atoms with Crippen molar-refractivity contribution in [2.24, 2.45) is 5.41 Å². The molecule has 0 spiro atoms. The Balaban J connectivity index is 2.37. The number of nitrogens with zero attached hydrogens (tertiary/aromatic N) is 1. The lowest BCUT2D eigenvalue weighted by molar-refractivity contribution is 0.165. The molecule has 1 heterocycles. The zero-order chi connectivity index (χ0) is 8.32. The van der Waals surface area contributed by atoms with Gasteiger partial charge in [-0.2, -0.15) is 0 Å². The van der Waals surface area contributed by atoms with E-state index in [2.05, 4.69) is 31.2 Å². The first kappa shape index (κ1) is 9.01. The summed E-state index contributed by atoms with van der Waals surface area (Å²) in [5.41, 5.74) is 0.564. The van der Waals surface area contributed by atoms with Crippen LogP contribution in [0.1, 0.15) is 19.8 Å². The molecule has 0 atom stereocenters. The van der Waals surface area contributed by atoms with Crippen molar-refractivity contribution in [1.29, 1.82) is 0 Å². The van der Waals surface area contributed by atoms with Crippen LogP contribution >= 0.6 is 0 Å². The Kier molecular flexibility index (Phi) is 2.90. The van der Waals surface area contributed by atoms with Crippen LogP contribution in [0.25, 0.3) is 0 Å². The third kappa shape index (κ3) is 2.80. The Bertz CT molecular complexity index is 115. The van der Waals surface area contributed by atoms with Crippen LogP contribution in [0.15, 0.2) is 0 Å². The lowest BCUT2D eigenvalue weighted by Gasteiger charge is -2.36. The summed E-state index contributed by atoms with van der Waals surface area (Å²) in [5, 5.41) is 3.39. The number of nitrogens with one attached hydrogen (secondary N) is 1. The lowest BCUT2D eigenvalue weighted by Crippen LogP contribution is -2.40. The summed E-state index contributed by atoms with van der Waals surface area (Å²) in [4.78, 5) is 2.30. The van der Waals surface area contributed by atoms with Crippen molar-refractivity contribution in [3.63, 3.8) is 0 Å². The molecular formula is C9H20N2. The number of rotatable bonds is 2. The van der Waals surface area contributed by atoms with E-state index in [9.17, 15) is 0 Å². The standard InChI is InChI=1S/C9H20N2/c1-9(8-11(2)3)4-6-10-7-5-9/h10H,4-8H2,1-3H3. The normalized spacial score (nSPS) is 24.0. The van der Waals surface area contributed by atoms with Gasteiger partial charge in [-0.3, -0.25) is 0 Å².